The smallest absolute Gasteiger partial charge is 0.325 e. The largest absolute Gasteiger partial charge is 0.480 e. The lowest BCUT2D eigenvalue weighted by atomic mass is 9.91. The highest BCUT2D eigenvalue weighted by Gasteiger charge is 2.40. The summed E-state index contributed by atoms with van der Waals surface area (Å²) in [4.78, 5) is 10.8. The van der Waals surface area contributed by atoms with Gasteiger partial charge in [-0.2, -0.15) is 5.10 Å². The number of hydrogen-bond acceptors (Lipinski definition) is 4. The van der Waals surface area contributed by atoms with Crippen LogP contribution < -0.4 is 10.6 Å². The number of aromatic nitrogens is 2. The van der Waals surface area contributed by atoms with Gasteiger partial charge in [-0.1, -0.05) is 48.9 Å². The molecule has 2 saturated carbocycles. The number of halogens is 2. The Hall–Kier alpha value is -1.86. The van der Waals surface area contributed by atoms with Gasteiger partial charge in [-0.05, 0) is 50.0 Å². The van der Waals surface area contributed by atoms with Gasteiger partial charge in [-0.25, -0.2) is 0 Å². The molecule has 1 aromatic heterocycles. The molecule has 0 saturated heterocycles. The predicted molar refractivity (Wildman–Crippen MR) is 137 cm³/mol. The summed E-state index contributed by atoms with van der Waals surface area (Å²) in [7, 11) is 0. The molecule has 4 rings (SSSR count). The van der Waals surface area contributed by atoms with Gasteiger partial charge in [0.25, 0.3) is 0 Å². The molecule has 0 bridgehead atoms. The molecule has 0 aliphatic heterocycles. The van der Waals surface area contributed by atoms with Crippen LogP contribution in [0.2, 0.25) is 0 Å². The van der Waals surface area contributed by atoms with Gasteiger partial charge in [-0.15, -0.1) is 24.8 Å². The van der Waals surface area contributed by atoms with Crippen LogP contribution in [0.25, 0.3) is 6.08 Å². The van der Waals surface area contributed by atoms with E-state index in [1.165, 1.54) is 42.3 Å². The second-order valence-corrected chi connectivity index (χ2v) is 8.97. The van der Waals surface area contributed by atoms with Gasteiger partial charge < -0.3 is 15.7 Å². The van der Waals surface area contributed by atoms with Crippen LogP contribution in [0.5, 0.6) is 0 Å². The van der Waals surface area contributed by atoms with Gasteiger partial charge in [0.1, 0.15) is 6.54 Å². The third kappa shape index (κ3) is 8.14. The van der Waals surface area contributed by atoms with E-state index < -0.39 is 5.97 Å². The Morgan fingerprint density at radius 1 is 1.15 bits per heavy atom. The molecular formula is C25H36Cl2N4O2. The minimum atomic E-state index is -0.868. The molecule has 0 amide bonds. The molecule has 0 radical (unpaired) electrons. The Bertz CT molecular complexity index is 895. The summed E-state index contributed by atoms with van der Waals surface area (Å²) in [5, 5.41) is 20.5. The lowest BCUT2D eigenvalue weighted by molar-refractivity contribution is -0.137. The first-order valence-electron chi connectivity index (χ1n) is 11.6. The normalized spacial score (nSPS) is 24.5. The van der Waals surface area contributed by atoms with Crippen molar-refractivity contribution in [3.63, 3.8) is 0 Å². The van der Waals surface area contributed by atoms with E-state index in [4.69, 9.17) is 5.11 Å². The molecule has 2 aromatic rings. The van der Waals surface area contributed by atoms with Crippen molar-refractivity contribution in [3.05, 3.63) is 59.4 Å². The molecule has 3 N–H and O–H groups in total. The van der Waals surface area contributed by atoms with Crippen molar-refractivity contribution >= 4 is 36.9 Å². The molecule has 2 aliphatic rings. The standard InChI is InChI=1S/C25H34N4O2.2ClH/c1-2-20(12-18-6-4-3-5-7-18)23-13-24(23)28-22-10-8-21(9-11-22)26-14-19-15-27-29(16-19)17-25(30)31;;/h3-7,12,15-16,21-24,26,28H,2,8-11,13-14,17H2,1H3,(H,30,31);2*1H/t21?,22?,23-,24+;;/m0../s1. The maximum absolute atomic E-state index is 10.8. The lowest BCUT2D eigenvalue weighted by Crippen LogP contribution is -2.40. The van der Waals surface area contributed by atoms with Gasteiger partial charge in [0, 0.05) is 36.4 Å². The minimum absolute atomic E-state index is 0. The predicted octanol–water partition coefficient (Wildman–Crippen LogP) is 4.68. The third-order valence-corrected chi connectivity index (χ3v) is 6.58. The van der Waals surface area contributed by atoms with Crippen LogP contribution in [0, 0.1) is 5.92 Å². The average molecular weight is 495 g/mol. The number of nitrogens with zero attached hydrogens (tertiary/aromatic N) is 2. The van der Waals surface area contributed by atoms with E-state index in [2.05, 4.69) is 59.1 Å². The molecule has 0 spiro atoms. The summed E-state index contributed by atoms with van der Waals surface area (Å²) < 4.78 is 1.48. The number of benzene rings is 1. The van der Waals surface area contributed by atoms with Crippen LogP contribution in [0.1, 0.15) is 56.6 Å². The molecule has 2 atom stereocenters. The van der Waals surface area contributed by atoms with Crippen LogP contribution in [0.4, 0.5) is 0 Å². The van der Waals surface area contributed by atoms with Crippen molar-refractivity contribution in [3.8, 4) is 0 Å². The van der Waals surface area contributed by atoms with E-state index in [0.717, 1.165) is 18.5 Å². The molecule has 8 heteroatoms. The molecule has 0 unspecified atom stereocenters. The second kappa shape index (κ2) is 13.1. The first-order chi connectivity index (χ1) is 15.1. The zero-order valence-electron chi connectivity index (χ0n) is 19.2. The van der Waals surface area contributed by atoms with E-state index in [9.17, 15) is 4.79 Å². The van der Waals surface area contributed by atoms with Crippen LogP contribution in [0.3, 0.4) is 0 Å². The zero-order chi connectivity index (χ0) is 21.6. The summed E-state index contributed by atoms with van der Waals surface area (Å²) in [5.41, 5.74) is 3.92. The lowest BCUT2D eigenvalue weighted by Gasteiger charge is -2.30. The van der Waals surface area contributed by atoms with E-state index in [1.54, 1.807) is 11.8 Å². The van der Waals surface area contributed by atoms with Crippen molar-refractivity contribution < 1.29 is 9.90 Å². The highest BCUT2D eigenvalue weighted by molar-refractivity contribution is 5.85. The SMILES string of the molecule is CCC(=Cc1ccccc1)[C@@H]1C[C@H]1NC1CCC(NCc2cnn(CC(=O)O)c2)CC1.Cl.Cl. The monoisotopic (exact) mass is 494 g/mol. The Labute approximate surface area is 209 Å². The molecule has 33 heavy (non-hydrogen) atoms. The Morgan fingerprint density at radius 2 is 1.85 bits per heavy atom. The van der Waals surface area contributed by atoms with Gasteiger partial charge in [0.05, 0.1) is 6.20 Å². The molecule has 1 aromatic carbocycles. The van der Waals surface area contributed by atoms with Gasteiger partial charge in [-0.3, -0.25) is 9.48 Å². The van der Waals surface area contributed by atoms with E-state index >= 15 is 0 Å². The quantitative estimate of drug-likeness (QED) is 0.446. The van der Waals surface area contributed by atoms with Gasteiger partial charge >= 0.3 is 5.97 Å². The van der Waals surface area contributed by atoms with Gasteiger partial charge in [0.15, 0.2) is 0 Å². The molecular weight excluding hydrogens is 459 g/mol. The highest BCUT2D eigenvalue weighted by atomic mass is 35.5. The first kappa shape index (κ1) is 27.4. The number of carboxylic acids is 1. The third-order valence-electron chi connectivity index (χ3n) is 6.58. The maximum Gasteiger partial charge on any atom is 0.325 e. The summed E-state index contributed by atoms with van der Waals surface area (Å²) in [6.45, 7) is 2.93. The summed E-state index contributed by atoms with van der Waals surface area (Å²) in [6, 6.07) is 12.5. The van der Waals surface area contributed by atoms with Crippen molar-refractivity contribution in [1.29, 1.82) is 0 Å². The summed E-state index contributed by atoms with van der Waals surface area (Å²) in [6.07, 6.45) is 13.1. The molecule has 1 heterocycles. The van der Waals surface area contributed by atoms with Crippen molar-refractivity contribution in [2.75, 3.05) is 0 Å². The minimum Gasteiger partial charge on any atom is -0.480 e. The topological polar surface area (TPSA) is 79.2 Å². The Kier molecular flexibility index (Phi) is 10.9. The fourth-order valence-electron chi connectivity index (χ4n) is 4.78. The maximum atomic E-state index is 10.8. The van der Waals surface area contributed by atoms with Crippen LogP contribution in [0.15, 0.2) is 48.3 Å². The Balaban J connectivity index is 0.00000193. The molecule has 2 fully saturated rings. The highest BCUT2D eigenvalue weighted by Crippen LogP contribution is 2.40. The van der Waals surface area contributed by atoms with Crippen LogP contribution in [-0.4, -0.2) is 39.0 Å². The van der Waals surface area contributed by atoms with E-state index in [1.807, 2.05) is 6.20 Å². The van der Waals surface area contributed by atoms with E-state index in [0.29, 0.717) is 24.0 Å². The Morgan fingerprint density at radius 3 is 2.52 bits per heavy atom. The molecule has 6 nitrogen and oxygen atoms in total. The summed E-state index contributed by atoms with van der Waals surface area (Å²) in [5.74, 6) is -0.170. The first-order valence-corrected chi connectivity index (χ1v) is 11.6. The van der Waals surface area contributed by atoms with Crippen molar-refractivity contribution in [2.45, 2.75) is 76.7 Å². The van der Waals surface area contributed by atoms with Crippen LogP contribution in [-0.2, 0) is 17.9 Å². The van der Waals surface area contributed by atoms with Crippen molar-refractivity contribution in [1.82, 2.24) is 20.4 Å². The fourth-order valence-corrected chi connectivity index (χ4v) is 4.78. The van der Waals surface area contributed by atoms with Crippen LogP contribution >= 0.6 is 24.8 Å². The second-order valence-electron chi connectivity index (χ2n) is 8.97. The average Bonchev–Trinajstić information content (AvgIpc) is 3.39. The summed E-state index contributed by atoms with van der Waals surface area (Å²) >= 11 is 0. The van der Waals surface area contributed by atoms with E-state index in [-0.39, 0.29) is 31.4 Å². The number of carbonyl (C=O) groups is 1. The number of rotatable bonds is 10. The molecule has 182 valence electrons. The van der Waals surface area contributed by atoms with Gasteiger partial charge in [0.2, 0.25) is 0 Å². The zero-order valence-corrected chi connectivity index (χ0v) is 20.8. The molecule has 2 aliphatic carbocycles. The number of hydrogen-bond donors (Lipinski definition) is 3. The number of aliphatic carboxylic acids is 1. The fraction of sp³-hybridized carbons (Fsp3) is 0.520. The van der Waals surface area contributed by atoms with Crippen molar-refractivity contribution in [2.24, 2.45) is 5.92 Å². The number of carboxylic acid groups (broad SMARTS) is 1. The number of nitrogens with one attached hydrogen (secondary N) is 2.